The Morgan fingerprint density at radius 2 is 1.81 bits per heavy atom. The zero-order chi connectivity index (χ0) is 15.7. The molecule has 0 saturated carbocycles. The molecule has 0 radical (unpaired) electrons. The van der Waals surface area contributed by atoms with E-state index in [0.29, 0.717) is 13.0 Å². The summed E-state index contributed by atoms with van der Waals surface area (Å²) in [5.41, 5.74) is 2.02. The standard InChI is InChI=1S/C16H23NO4/c1-12-7-6-8-13(2)16(12)21-11-14(18)17-10-5-3-4-9-15(19)20/h6-8H,3-5,9-11H2,1-2H3,(H,17,18)(H,19,20). The maximum absolute atomic E-state index is 11.6. The second-order valence-corrected chi connectivity index (χ2v) is 5.06. The number of rotatable bonds is 9. The Kier molecular flexibility index (Phi) is 7.29. The van der Waals surface area contributed by atoms with Crippen LogP contribution in [0.2, 0.25) is 0 Å². The molecule has 0 bridgehead atoms. The number of unbranched alkanes of at least 4 members (excludes halogenated alkanes) is 2. The molecule has 5 heteroatoms. The number of hydrogen-bond donors (Lipinski definition) is 2. The van der Waals surface area contributed by atoms with Crippen LogP contribution in [0, 0.1) is 13.8 Å². The molecule has 0 spiro atoms. The highest BCUT2D eigenvalue weighted by Crippen LogP contribution is 2.21. The van der Waals surface area contributed by atoms with Gasteiger partial charge in [-0.15, -0.1) is 0 Å². The van der Waals surface area contributed by atoms with Crippen LogP contribution in [0.15, 0.2) is 18.2 Å². The van der Waals surface area contributed by atoms with E-state index in [0.717, 1.165) is 29.7 Å². The van der Waals surface area contributed by atoms with Crippen LogP contribution in [0.3, 0.4) is 0 Å². The lowest BCUT2D eigenvalue weighted by atomic mass is 10.1. The summed E-state index contributed by atoms with van der Waals surface area (Å²) in [6, 6.07) is 5.85. The zero-order valence-corrected chi connectivity index (χ0v) is 12.6. The minimum Gasteiger partial charge on any atom is -0.483 e. The molecule has 0 aromatic heterocycles. The number of aliphatic carboxylic acids is 1. The number of ether oxygens (including phenoxy) is 1. The first kappa shape index (κ1) is 17.0. The van der Waals surface area contributed by atoms with Crippen molar-refractivity contribution in [3.8, 4) is 5.75 Å². The van der Waals surface area contributed by atoms with Gasteiger partial charge < -0.3 is 15.2 Å². The molecule has 0 fully saturated rings. The van der Waals surface area contributed by atoms with Crippen LogP contribution in [0.5, 0.6) is 5.75 Å². The highest BCUT2D eigenvalue weighted by Gasteiger charge is 2.06. The summed E-state index contributed by atoms with van der Waals surface area (Å²) in [5, 5.41) is 11.3. The lowest BCUT2D eigenvalue weighted by Crippen LogP contribution is -2.29. The first-order chi connectivity index (χ1) is 10.0. The Labute approximate surface area is 125 Å². The fourth-order valence-corrected chi connectivity index (χ4v) is 2.02. The number of carboxylic acids is 1. The number of carbonyl (C=O) groups is 2. The van der Waals surface area contributed by atoms with Crippen LogP contribution in [0.4, 0.5) is 0 Å². The monoisotopic (exact) mass is 293 g/mol. The van der Waals surface area contributed by atoms with Gasteiger partial charge in [0.2, 0.25) is 0 Å². The van der Waals surface area contributed by atoms with E-state index in [9.17, 15) is 9.59 Å². The van der Waals surface area contributed by atoms with Gasteiger partial charge in [-0.1, -0.05) is 24.6 Å². The van der Waals surface area contributed by atoms with Crippen LogP contribution in [-0.4, -0.2) is 30.1 Å². The molecule has 1 rings (SSSR count). The number of aryl methyl sites for hydroxylation is 2. The summed E-state index contributed by atoms with van der Waals surface area (Å²) in [5.74, 6) is -0.175. The molecule has 1 aromatic rings. The minimum atomic E-state index is -0.777. The quantitative estimate of drug-likeness (QED) is 0.686. The van der Waals surface area contributed by atoms with Gasteiger partial charge in [0.1, 0.15) is 5.75 Å². The first-order valence-electron chi connectivity index (χ1n) is 7.18. The first-order valence-corrected chi connectivity index (χ1v) is 7.18. The number of para-hydroxylation sites is 1. The lowest BCUT2D eigenvalue weighted by molar-refractivity contribution is -0.137. The van der Waals surface area contributed by atoms with E-state index in [1.807, 2.05) is 32.0 Å². The van der Waals surface area contributed by atoms with Crippen molar-refractivity contribution >= 4 is 11.9 Å². The van der Waals surface area contributed by atoms with Crippen LogP contribution in [-0.2, 0) is 9.59 Å². The average molecular weight is 293 g/mol. The number of carbonyl (C=O) groups excluding carboxylic acids is 1. The predicted molar refractivity (Wildman–Crippen MR) is 80.5 cm³/mol. The molecule has 1 aromatic carbocycles. The lowest BCUT2D eigenvalue weighted by Gasteiger charge is -2.11. The van der Waals surface area contributed by atoms with E-state index < -0.39 is 5.97 Å². The third-order valence-corrected chi connectivity index (χ3v) is 3.15. The van der Waals surface area contributed by atoms with E-state index in [4.69, 9.17) is 9.84 Å². The smallest absolute Gasteiger partial charge is 0.303 e. The van der Waals surface area contributed by atoms with Gasteiger partial charge in [0.05, 0.1) is 0 Å². The van der Waals surface area contributed by atoms with Gasteiger partial charge in [-0.05, 0) is 37.8 Å². The van der Waals surface area contributed by atoms with Gasteiger partial charge in [-0.25, -0.2) is 0 Å². The fourth-order valence-electron chi connectivity index (χ4n) is 2.02. The van der Waals surface area contributed by atoms with Crippen molar-refractivity contribution in [1.29, 1.82) is 0 Å². The van der Waals surface area contributed by atoms with E-state index in [1.165, 1.54) is 0 Å². The highest BCUT2D eigenvalue weighted by atomic mass is 16.5. The number of hydrogen-bond acceptors (Lipinski definition) is 3. The van der Waals surface area contributed by atoms with Gasteiger partial charge in [0.15, 0.2) is 6.61 Å². The third-order valence-electron chi connectivity index (χ3n) is 3.15. The summed E-state index contributed by atoms with van der Waals surface area (Å²) in [4.78, 5) is 22.0. The molecule has 5 nitrogen and oxygen atoms in total. The second kappa shape index (κ2) is 9.00. The van der Waals surface area contributed by atoms with Gasteiger partial charge >= 0.3 is 5.97 Å². The molecule has 0 saturated heterocycles. The van der Waals surface area contributed by atoms with Crippen molar-refractivity contribution in [3.05, 3.63) is 29.3 Å². The second-order valence-electron chi connectivity index (χ2n) is 5.06. The average Bonchev–Trinajstić information content (AvgIpc) is 2.41. The molecule has 0 aliphatic rings. The molecule has 0 aliphatic carbocycles. The molecule has 2 N–H and O–H groups in total. The molecule has 0 atom stereocenters. The van der Waals surface area contributed by atoms with Gasteiger partial charge in [-0.2, -0.15) is 0 Å². The summed E-state index contributed by atoms with van der Waals surface area (Å²) in [6.45, 7) is 4.45. The van der Waals surface area contributed by atoms with E-state index >= 15 is 0 Å². The molecule has 116 valence electrons. The maximum atomic E-state index is 11.6. The van der Waals surface area contributed by atoms with Crippen molar-refractivity contribution in [2.45, 2.75) is 39.5 Å². The van der Waals surface area contributed by atoms with Gasteiger partial charge in [-0.3, -0.25) is 9.59 Å². The highest BCUT2D eigenvalue weighted by molar-refractivity contribution is 5.77. The normalized spacial score (nSPS) is 10.2. The molecule has 0 aliphatic heterocycles. The third kappa shape index (κ3) is 6.79. The topological polar surface area (TPSA) is 75.6 Å². The van der Waals surface area contributed by atoms with E-state index in [1.54, 1.807) is 0 Å². The van der Waals surface area contributed by atoms with Crippen molar-refractivity contribution < 1.29 is 19.4 Å². The Hall–Kier alpha value is -2.04. The summed E-state index contributed by atoms with van der Waals surface area (Å²) in [6.07, 6.45) is 2.40. The predicted octanol–water partition coefficient (Wildman–Crippen LogP) is 2.44. The number of carboxylic acid groups (broad SMARTS) is 1. The Morgan fingerprint density at radius 1 is 1.14 bits per heavy atom. The molecule has 0 unspecified atom stereocenters. The van der Waals surface area contributed by atoms with Gasteiger partial charge in [0.25, 0.3) is 5.91 Å². The minimum absolute atomic E-state index is 0.000813. The SMILES string of the molecule is Cc1cccc(C)c1OCC(=O)NCCCCCC(=O)O. The van der Waals surface area contributed by atoms with Gasteiger partial charge in [0, 0.05) is 13.0 Å². The fraction of sp³-hybridized carbons (Fsp3) is 0.500. The van der Waals surface area contributed by atoms with Crippen LogP contribution in [0.25, 0.3) is 0 Å². The summed E-state index contributed by atoms with van der Waals surface area (Å²) >= 11 is 0. The number of benzene rings is 1. The van der Waals surface area contributed by atoms with Crippen molar-refractivity contribution in [3.63, 3.8) is 0 Å². The summed E-state index contributed by atoms with van der Waals surface area (Å²) in [7, 11) is 0. The van der Waals surface area contributed by atoms with Crippen LogP contribution < -0.4 is 10.1 Å². The van der Waals surface area contributed by atoms with Crippen LogP contribution >= 0.6 is 0 Å². The molecular formula is C16H23NO4. The van der Waals surface area contributed by atoms with E-state index in [2.05, 4.69) is 5.32 Å². The Balaban J connectivity index is 2.18. The molecule has 0 heterocycles. The molecule has 1 amide bonds. The van der Waals surface area contributed by atoms with E-state index in [-0.39, 0.29) is 18.9 Å². The molecular weight excluding hydrogens is 270 g/mol. The number of nitrogens with one attached hydrogen (secondary N) is 1. The largest absolute Gasteiger partial charge is 0.483 e. The Bertz CT molecular complexity index is 465. The summed E-state index contributed by atoms with van der Waals surface area (Å²) < 4.78 is 5.55. The molecule has 21 heavy (non-hydrogen) atoms. The number of amides is 1. The van der Waals surface area contributed by atoms with Crippen molar-refractivity contribution in [2.75, 3.05) is 13.2 Å². The van der Waals surface area contributed by atoms with Crippen molar-refractivity contribution in [2.24, 2.45) is 0 Å². The zero-order valence-electron chi connectivity index (χ0n) is 12.6. The maximum Gasteiger partial charge on any atom is 0.303 e. The van der Waals surface area contributed by atoms with Crippen LogP contribution in [0.1, 0.15) is 36.8 Å². The van der Waals surface area contributed by atoms with Crippen molar-refractivity contribution in [1.82, 2.24) is 5.32 Å². The Morgan fingerprint density at radius 3 is 2.43 bits per heavy atom.